The summed E-state index contributed by atoms with van der Waals surface area (Å²) in [6, 6.07) is 1.85. The van der Waals surface area contributed by atoms with Crippen molar-refractivity contribution in [2.24, 2.45) is 0 Å². The van der Waals surface area contributed by atoms with Crippen LogP contribution < -0.4 is 0 Å². The van der Waals surface area contributed by atoms with Crippen LogP contribution in [0.1, 0.15) is 24.3 Å². The number of amides is 1. The minimum Gasteiger partial charge on any atom is -0.343 e. The lowest BCUT2D eigenvalue weighted by atomic mass is 10.3. The molecule has 0 aromatic carbocycles. The largest absolute Gasteiger partial charge is 0.343 e. The summed E-state index contributed by atoms with van der Waals surface area (Å²) in [7, 11) is 1.79. The maximum Gasteiger partial charge on any atom is 0.270 e. The molecule has 88 valence electrons. The van der Waals surface area contributed by atoms with Gasteiger partial charge in [-0.2, -0.15) is 0 Å². The van der Waals surface area contributed by atoms with E-state index in [0.29, 0.717) is 12.2 Å². The topological polar surface area (TPSA) is 25.2 Å². The van der Waals surface area contributed by atoms with Gasteiger partial charge in [-0.3, -0.25) is 4.79 Å². The summed E-state index contributed by atoms with van der Waals surface area (Å²) in [6.45, 7) is 9.11. The number of hydrogen-bond acceptors (Lipinski definition) is 1. The predicted octanol–water partition coefficient (Wildman–Crippen LogP) is 2.92. The number of likely N-dealkylation sites (N-methyl/N-ethyl adjacent to an activating group) is 1. The van der Waals surface area contributed by atoms with E-state index in [0.717, 1.165) is 16.6 Å². The van der Waals surface area contributed by atoms with Crippen molar-refractivity contribution >= 4 is 21.8 Å². The Labute approximate surface area is 105 Å². The van der Waals surface area contributed by atoms with E-state index >= 15 is 0 Å². The van der Waals surface area contributed by atoms with E-state index in [-0.39, 0.29) is 5.91 Å². The third-order valence-electron chi connectivity index (χ3n) is 2.28. The molecule has 1 rings (SSSR count). The fourth-order valence-electron chi connectivity index (χ4n) is 1.59. The second-order valence-corrected chi connectivity index (χ2v) is 4.86. The third-order valence-corrected chi connectivity index (χ3v) is 2.71. The number of carbonyl (C=O) groups is 1. The Morgan fingerprint density at radius 3 is 2.75 bits per heavy atom. The van der Waals surface area contributed by atoms with E-state index in [2.05, 4.69) is 22.5 Å². The van der Waals surface area contributed by atoms with Gasteiger partial charge in [0.25, 0.3) is 5.91 Å². The van der Waals surface area contributed by atoms with Crippen molar-refractivity contribution < 1.29 is 4.79 Å². The molecule has 0 N–H and O–H groups in total. The van der Waals surface area contributed by atoms with Crippen molar-refractivity contribution in [1.82, 2.24) is 9.47 Å². The van der Waals surface area contributed by atoms with Crippen molar-refractivity contribution in [1.29, 1.82) is 0 Å². The normalized spacial score (nSPS) is 10.2. The van der Waals surface area contributed by atoms with E-state index in [1.807, 2.05) is 30.7 Å². The average molecular weight is 285 g/mol. The molecule has 1 heterocycles. The second kappa shape index (κ2) is 5.34. The number of carbonyl (C=O) groups excluding carboxylic acids is 1. The lowest BCUT2D eigenvalue weighted by molar-refractivity contribution is 0.0796. The first-order valence-electron chi connectivity index (χ1n) is 5.21. The van der Waals surface area contributed by atoms with Crippen LogP contribution in [-0.2, 0) is 6.54 Å². The summed E-state index contributed by atoms with van der Waals surface area (Å²) >= 11 is 3.38. The van der Waals surface area contributed by atoms with Crippen LogP contribution in [0.4, 0.5) is 0 Å². The van der Waals surface area contributed by atoms with Gasteiger partial charge in [0, 0.05) is 30.8 Å². The van der Waals surface area contributed by atoms with Gasteiger partial charge in [0.1, 0.15) is 5.69 Å². The van der Waals surface area contributed by atoms with Crippen LogP contribution in [-0.4, -0.2) is 29.0 Å². The van der Waals surface area contributed by atoms with Gasteiger partial charge in [0.15, 0.2) is 0 Å². The van der Waals surface area contributed by atoms with E-state index in [9.17, 15) is 4.79 Å². The fraction of sp³-hybridized carbons (Fsp3) is 0.417. The molecule has 0 saturated heterocycles. The van der Waals surface area contributed by atoms with Gasteiger partial charge in [-0.1, -0.05) is 12.2 Å². The first-order chi connectivity index (χ1) is 7.45. The molecule has 16 heavy (non-hydrogen) atoms. The fourth-order valence-corrected chi connectivity index (χ4v) is 2.05. The molecule has 0 aliphatic heterocycles. The van der Waals surface area contributed by atoms with Crippen LogP contribution in [0.25, 0.3) is 0 Å². The molecule has 4 heteroatoms. The predicted molar refractivity (Wildman–Crippen MR) is 69.6 cm³/mol. The molecule has 0 aliphatic rings. The molecule has 1 aromatic heterocycles. The van der Waals surface area contributed by atoms with Crippen molar-refractivity contribution in [3.63, 3.8) is 0 Å². The zero-order valence-electron chi connectivity index (χ0n) is 9.96. The summed E-state index contributed by atoms with van der Waals surface area (Å²) < 4.78 is 2.86. The summed E-state index contributed by atoms with van der Waals surface area (Å²) in [4.78, 5) is 13.8. The molecular formula is C12H17BrN2O. The number of rotatable bonds is 4. The van der Waals surface area contributed by atoms with E-state index < -0.39 is 0 Å². The molecular weight excluding hydrogens is 268 g/mol. The zero-order chi connectivity index (χ0) is 12.3. The summed E-state index contributed by atoms with van der Waals surface area (Å²) in [6.07, 6.45) is 1.92. The molecule has 0 aliphatic carbocycles. The molecule has 0 saturated carbocycles. The number of nitrogens with zero attached hydrogens (tertiary/aromatic N) is 2. The molecule has 0 spiro atoms. The Balaban J connectivity index is 2.90. The highest BCUT2D eigenvalue weighted by Gasteiger charge is 2.16. The SMILES string of the molecule is C=C(C)CN(C)C(=O)c1cc(Br)cn1CC. The molecule has 0 atom stereocenters. The lowest BCUT2D eigenvalue weighted by Gasteiger charge is -2.17. The van der Waals surface area contributed by atoms with Crippen LogP contribution in [0.3, 0.4) is 0 Å². The van der Waals surface area contributed by atoms with Crippen molar-refractivity contribution in [2.75, 3.05) is 13.6 Å². The van der Waals surface area contributed by atoms with Gasteiger partial charge in [-0.25, -0.2) is 0 Å². The Kier molecular flexibility index (Phi) is 4.35. The van der Waals surface area contributed by atoms with Gasteiger partial charge in [-0.05, 0) is 35.8 Å². The maximum atomic E-state index is 12.1. The Morgan fingerprint density at radius 1 is 1.62 bits per heavy atom. The highest BCUT2D eigenvalue weighted by Crippen LogP contribution is 2.16. The van der Waals surface area contributed by atoms with Gasteiger partial charge < -0.3 is 9.47 Å². The highest BCUT2D eigenvalue weighted by atomic mass is 79.9. The molecule has 1 aromatic rings. The van der Waals surface area contributed by atoms with Gasteiger partial charge in [0.2, 0.25) is 0 Å². The van der Waals surface area contributed by atoms with E-state index in [1.54, 1.807) is 11.9 Å². The van der Waals surface area contributed by atoms with Crippen molar-refractivity contribution in [3.8, 4) is 0 Å². The Bertz CT molecular complexity index is 409. The van der Waals surface area contributed by atoms with Crippen LogP contribution >= 0.6 is 15.9 Å². The maximum absolute atomic E-state index is 12.1. The first kappa shape index (κ1) is 13.0. The van der Waals surface area contributed by atoms with Crippen LogP contribution in [0.2, 0.25) is 0 Å². The summed E-state index contributed by atoms with van der Waals surface area (Å²) in [5, 5.41) is 0. The number of aryl methyl sites for hydroxylation is 1. The summed E-state index contributed by atoms with van der Waals surface area (Å²) in [5.41, 5.74) is 1.68. The van der Waals surface area contributed by atoms with Crippen LogP contribution in [0.15, 0.2) is 28.9 Å². The van der Waals surface area contributed by atoms with Gasteiger partial charge >= 0.3 is 0 Å². The molecule has 0 bridgehead atoms. The number of aromatic nitrogens is 1. The van der Waals surface area contributed by atoms with Crippen molar-refractivity contribution in [3.05, 3.63) is 34.6 Å². The average Bonchev–Trinajstić information content (AvgIpc) is 2.57. The zero-order valence-corrected chi connectivity index (χ0v) is 11.5. The van der Waals surface area contributed by atoms with E-state index in [4.69, 9.17) is 0 Å². The van der Waals surface area contributed by atoms with Gasteiger partial charge in [-0.15, -0.1) is 0 Å². The lowest BCUT2D eigenvalue weighted by Crippen LogP contribution is -2.29. The van der Waals surface area contributed by atoms with Crippen molar-refractivity contribution in [2.45, 2.75) is 20.4 Å². The monoisotopic (exact) mass is 284 g/mol. The molecule has 3 nitrogen and oxygen atoms in total. The quantitative estimate of drug-likeness (QED) is 0.781. The minimum absolute atomic E-state index is 0.0237. The minimum atomic E-state index is 0.0237. The first-order valence-corrected chi connectivity index (χ1v) is 6.00. The summed E-state index contributed by atoms with van der Waals surface area (Å²) in [5.74, 6) is 0.0237. The highest BCUT2D eigenvalue weighted by molar-refractivity contribution is 9.10. The smallest absolute Gasteiger partial charge is 0.270 e. The Hall–Kier alpha value is -1.03. The molecule has 0 fully saturated rings. The standard InChI is InChI=1S/C12H17BrN2O/c1-5-15-8-10(13)6-11(15)12(16)14(4)7-9(2)3/h6,8H,2,5,7H2,1,3-4H3. The molecule has 0 unspecified atom stereocenters. The third kappa shape index (κ3) is 2.98. The second-order valence-electron chi connectivity index (χ2n) is 3.95. The molecule has 1 amide bonds. The van der Waals surface area contributed by atoms with Crippen LogP contribution in [0.5, 0.6) is 0 Å². The Morgan fingerprint density at radius 2 is 2.25 bits per heavy atom. The van der Waals surface area contributed by atoms with Gasteiger partial charge in [0.05, 0.1) is 0 Å². The van der Waals surface area contributed by atoms with E-state index in [1.165, 1.54) is 0 Å². The number of hydrogen-bond donors (Lipinski definition) is 0. The number of halogens is 1. The van der Waals surface area contributed by atoms with Crippen LogP contribution in [0, 0.1) is 0 Å². The molecule has 0 radical (unpaired) electrons.